The summed E-state index contributed by atoms with van der Waals surface area (Å²) in [6, 6.07) is 7.32. The summed E-state index contributed by atoms with van der Waals surface area (Å²) in [6.45, 7) is 1.85. The van der Waals surface area contributed by atoms with Crippen molar-refractivity contribution in [3.8, 4) is 0 Å². The van der Waals surface area contributed by atoms with E-state index >= 15 is 0 Å². The average Bonchev–Trinajstić information content (AvgIpc) is 2.65. The van der Waals surface area contributed by atoms with E-state index in [1.807, 2.05) is 26.0 Å². The lowest BCUT2D eigenvalue weighted by molar-refractivity contribution is 0.652. The quantitative estimate of drug-likeness (QED) is 0.567. The van der Waals surface area contributed by atoms with Crippen molar-refractivity contribution < 1.29 is 8.53 Å². The van der Waals surface area contributed by atoms with Crippen molar-refractivity contribution in [2.24, 2.45) is 0 Å². The maximum Gasteiger partial charge on any atom is 0.227 e. The van der Waals surface area contributed by atoms with E-state index in [2.05, 4.69) is 4.98 Å². The molecule has 80 valence electrons. The Bertz CT molecular complexity index is 787. The van der Waals surface area contributed by atoms with Gasteiger partial charge in [0.2, 0.25) is 5.71 Å². The molecule has 0 aliphatic carbocycles. The van der Waals surface area contributed by atoms with Gasteiger partial charge < -0.3 is 4.42 Å². The Morgan fingerprint density at radius 2 is 1.94 bits per heavy atom. The van der Waals surface area contributed by atoms with Crippen LogP contribution in [-0.4, -0.2) is 4.98 Å². The van der Waals surface area contributed by atoms with Gasteiger partial charge in [0.1, 0.15) is 5.58 Å². The minimum Gasteiger partial charge on any atom is -0.438 e. The van der Waals surface area contributed by atoms with Gasteiger partial charge in [0, 0.05) is 20.6 Å². The number of aromatic nitrogens is 1. The van der Waals surface area contributed by atoms with Crippen molar-refractivity contribution >= 4 is 22.1 Å². The van der Waals surface area contributed by atoms with E-state index in [4.69, 9.17) is 8.53 Å². The predicted octanol–water partition coefficient (Wildman–Crippen LogP) is 3.91. The van der Waals surface area contributed by atoms with Crippen LogP contribution < -0.4 is 0 Å². The zero-order valence-corrected chi connectivity index (χ0v) is 9.16. The van der Waals surface area contributed by atoms with Crippen LogP contribution >= 0.6 is 0 Å². The molecule has 0 aliphatic heterocycles. The molecule has 0 atom stereocenters. The van der Waals surface area contributed by atoms with Crippen LogP contribution in [0.15, 0.2) is 28.7 Å². The number of fused-ring (bicyclic) bond motifs is 3. The molecule has 0 spiro atoms. The average molecular weight is 214 g/mol. The highest BCUT2D eigenvalue weighted by atomic mass is 16.3. The summed E-state index contributed by atoms with van der Waals surface area (Å²) in [7, 11) is 0. The van der Waals surface area contributed by atoms with Crippen molar-refractivity contribution in [3.05, 3.63) is 41.1 Å². The monoisotopic (exact) mass is 214 g/mol. The standard InChI is InChI=1S/C14H13NO/c1-8-6-12-11-5-4-10(3)15-14(11)16-13(12)7-9(8)2/h4-7H,1-3H3/i3D3. The molecule has 0 saturated heterocycles. The first-order chi connectivity index (χ1) is 8.86. The Labute approximate surface area is 98.1 Å². The Morgan fingerprint density at radius 1 is 1.12 bits per heavy atom. The van der Waals surface area contributed by atoms with Gasteiger partial charge in [0.05, 0.1) is 0 Å². The molecular weight excluding hydrogens is 198 g/mol. The smallest absolute Gasteiger partial charge is 0.227 e. The second-order valence-corrected chi connectivity index (χ2v) is 4.08. The van der Waals surface area contributed by atoms with Crippen LogP contribution in [0, 0.1) is 20.7 Å². The summed E-state index contributed by atoms with van der Waals surface area (Å²) >= 11 is 0. The topological polar surface area (TPSA) is 26.0 Å². The molecular formula is C14H13NO. The largest absolute Gasteiger partial charge is 0.438 e. The highest BCUT2D eigenvalue weighted by Crippen LogP contribution is 2.29. The Kier molecular flexibility index (Phi) is 1.29. The number of benzene rings is 1. The maximum absolute atomic E-state index is 7.38. The zero-order chi connectivity index (χ0) is 13.8. The number of pyridine rings is 1. The van der Waals surface area contributed by atoms with E-state index in [1.54, 1.807) is 12.1 Å². The zero-order valence-electron chi connectivity index (χ0n) is 12.2. The Morgan fingerprint density at radius 3 is 2.75 bits per heavy atom. The third kappa shape index (κ3) is 1.23. The van der Waals surface area contributed by atoms with Crippen LogP contribution in [0.25, 0.3) is 22.1 Å². The predicted molar refractivity (Wildman–Crippen MR) is 65.7 cm³/mol. The van der Waals surface area contributed by atoms with Gasteiger partial charge in [0.25, 0.3) is 0 Å². The molecule has 0 radical (unpaired) electrons. The minimum atomic E-state index is -2.21. The van der Waals surface area contributed by atoms with Crippen LogP contribution in [0.4, 0.5) is 0 Å². The molecule has 2 aromatic heterocycles. The summed E-state index contributed by atoms with van der Waals surface area (Å²) in [6.07, 6.45) is 0. The molecule has 2 heterocycles. The summed E-state index contributed by atoms with van der Waals surface area (Å²) in [5, 5.41) is 1.83. The molecule has 2 nitrogen and oxygen atoms in total. The van der Waals surface area contributed by atoms with Gasteiger partial charge in [-0.25, -0.2) is 4.98 Å². The highest BCUT2D eigenvalue weighted by molar-refractivity contribution is 6.04. The summed E-state index contributed by atoms with van der Waals surface area (Å²) < 4.78 is 27.8. The van der Waals surface area contributed by atoms with Crippen LogP contribution in [0.1, 0.15) is 20.9 Å². The molecule has 2 heteroatoms. The van der Waals surface area contributed by atoms with Crippen LogP contribution in [-0.2, 0) is 0 Å². The van der Waals surface area contributed by atoms with E-state index in [0.29, 0.717) is 5.71 Å². The first-order valence-corrected chi connectivity index (χ1v) is 5.17. The van der Waals surface area contributed by atoms with Crippen LogP contribution in [0.3, 0.4) is 0 Å². The SMILES string of the molecule is [2H]C([2H])([2H])c1ccc2c(n1)oc1cc(C)c(C)cc12. The molecule has 0 bridgehead atoms. The molecule has 0 N–H and O–H groups in total. The van der Waals surface area contributed by atoms with Crippen molar-refractivity contribution in [3.63, 3.8) is 0 Å². The van der Waals surface area contributed by atoms with E-state index in [9.17, 15) is 0 Å². The van der Waals surface area contributed by atoms with Gasteiger partial charge in [-0.3, -0.25) is 0 Å². The lowest BCUT2D eigenvalue weighted by atomic mass is 10.1. The fourth-order valence-electron chi connectivity index (χ4n) is 1.91. The van der Waals surface area contributed by atoms with Crippen LogP contribution in [0.5, 0.6) is 0 Å². The van der Waals surface area contributed by atoms with Gasteiger partial charge in [-0.15, -0.1) is 0 Å². The molecule has 1 aromatic carbocycles. The first kappa shape index (κ1) is 6.69. The number of aryl methyl sites for hydroxylation is 3. The molecule has 0 aliphatic rings. The van der Waals surface area contributed by atoms with Crippen molar-refractivity contribution in [1.82, 2.24) is 4.98 Å². The van der Waals surface area contributed by atoms with Crippen molar-refractivity contribution in [1.29, 1.82) is 0 Å². The van der Waals surface area contributed by atoms with Gasteiger partial charge >= 0.3 is 0 Å². The number of hydrogen-bond acceptors (Lipinski definition) is 2. The normalized spacial score (nSPS) is 15.0. The Balaban J connectivity index is 2.34. The van der Waals surface area contributed by atoms with Gasteiger partial charge in [-0.2, -0.15) is 0 Å². The van der Waals surface area contributed by atoms with Gasteiger partial charge in [-0.05, 0) is 56.1 Å². The van der Waals surface area contributed by atoms with Gasteiger partial charge in [0.15, 0.2) is 0 Å². The number of hydrogen-bond donors (Lipinski definition) is 0. The van der Waals surface area contributed by atoms with E-state index in [1.165, 1.54) is 5.56 Å². The molecule has 0 fully saturated rings. The second-order valence-electron chi connectivity index (χ2n) is 4.08. The maximum atomic E-state index is 7.38. The van der Waals surface area contributed by atoms with E-state index in [-0.39, 0.29) is 5.69 Å². The van der Waals surface area contributed by atoms with E-state index < -0.39 is 6.85 Å². The lowest BCUT2D eigenvalue weighted by Gasteiger charge is -1.97. The fraction of sp³-hybridized carbons (Fsp3) is 0.214. The molecule has 16 heavy (non-hydrogen) atoms. The molecule has 0 amide bonds. The third-order valence-electron chi connectivity index (χ3n) is 2.95. The summed E-state index contributed by atoms with van der Waals surface area (Å²) in [5.74, 6) is 0. The molecule has 3 rings (SSSR count). The highest BCUT2D eigenvalue weighted by Gasteiger charge is 2.09. The second kappa shape index (κ2) is 3.08. The van der Waals surface area contributed by atoms with Gasteiger partial charge in [-0.1, -0.05) is 0 Å². The molecule has 0 unspecified atom stereocenters. The summed E-state index contributed by atoms with van der Waals surface area (Å²) in [4.78, 5) is 4.11. The molecule has 0 saturated carbocycles. The van der Waals surface area contributed by atoms with Crippen LogP contribution in [0.2, 0.25) is 0 Å². The molecule has 3 aromatic rings. The lowest BCUT2D eigenvalue weighted by Crippen LogP contribution is -1.79. The van der Waals surface area contributed by atoms with E-state index in [0.717, 1.165) is 21.9 Å². The Hall–Kier alpha value is -1.83. The number of furan rings is 1. The van der Waals surface area contributed by atoms with Crippen molar-refractivity contribution in [2.45, 2.75) is 20.7 Å². The third-order valence-corrected chi connectivity index (χ3v) is 2.95. The van der Waals surface area contributed by atoms with Crippen molar-refractivity contribution in [2.75, 3.05) is 0 Å². The summed E-state index contributed by atoms with van der Waals surface area (Å²) in [5.41, 5.74) is 3.51. The number of nitrogens with zero attached hydrogens (tertiary/aromatic N) is 1. The first-order valence-electron chi connectivity index (χ1n) is 6.67. The fourth-order valence-corrected chi connectivity index (χ4v) is 1.91. The number of rotatable bonds is 0. The minimum absolute atomic E-state index is 0.0625.